The van der Waals surface area contributed by atoms with Gasteiger partial charge in [0, 0.05) is 6.07 Å². The average molecular weight is 220 g/mol. The van der Waals surface area contributed by atoms with Crippen molar-refractivity contribution in [3.8, 4) is 0 Å². The lowest BCUT2D eigenvalue weighted by molar-refractivity contribution is -0.141. The molecule has 14 heavy (non-hydrogen) atoms. The van der Waals surface area contributed by atoms with E-state index in [4.69, 9.17) is 12.2 Å². The summed E-state index contributed by atoms with van der Waals surface area (Å²) in [6, 6.07) is 0.778. The number of nitrogens with one attached hydrogen (secondary N) is 1. The molecule has 1 N–H and O–H groups in total. The van der Waals surface area contributed by atoms with Crippen molar-refractivity contribution in [2.45, 2.75) is 6.18 Å². The molecule has 0 aliphatic rings. The number of H-pyrrole nitrogens is 1. The minimum absolute atomic E-state index is 0.0141. The maximum absolute atomic E-state index is 12.2. The third kappa shape index (κ3) is 1.37. The van der Waals surface area contributed by atoms with E-state index in [1.807, 2.05) is 0 Å². The van der Waals surface area contributed by atoms with E-state index in [2.05, 4.69) is 15.1 Å². The molecule has 0 fully saturated rings. The predicted molar refractivity (Wildman–Crippen MR) is 43.2 cm³/mol. The van der Waals surface area contributed by atoms with E-state index in [9.17, 15) is 13.2 Å². The van der Waals surface area contributed by atoms with Gasteiger partial charge in [-0.05, 0) is 0 Å². The molecule has 0 amide bonds. The first-order valence-corrected chi connectivity index (χ1v) is 3.90. The Labute approximate surface area is 80.4 Å². The summed E-state index contributed by atoms with van der Waals surface area (Å²) in [5.74, 6) is -0.0928. The minimum atomic E-state index is -4.50. The molecule has 2 heterocycles. The van der Waals surface area contributed by atoms with Crippen molar-refractivity contribution in [1.82, 2.24) is 19.6 Å². The summed E-state index contributed by atoms with van der Waals surface area (Å²) < 4.78 is 37.9. The normalized spacial score (nSPS) is 12.2. The van der Waals surface area contributed by atoms with Gasteiger partial charge < -0.3 is 0 Å². The molecule has 2 rings (SSSR count). The number of nitrogens with zero attached hydrogens (tertiary/aromatic N) is 3. The molecule has 4 nitrogen and oxygen atoms in total. The van der Waals surface area contributed by atoms with Gasteiger partial charge in [0.2, 0.25) is 0 Å². The molecule has 2 aromatic rings. The van der Waals surface area contributed by atoms with E-state index in [0.717, 1.165) is 6.07 Å². The Morgan fingerprint density at radius 2 is 2.14 bits per heavy atom. The first-order chi connectivity index (χ1) is 6.48. The molecular weight excluding hydrogens is 217 g/mol. The number of hydrogen-bond donors (Lipinski definition) is 1. The van der Waals surface area contributed by atoms with Gasteiger partial charge in [0.15, 0.2) is 5.69 Å². The SMILES string of the molecule is FC(F)(F)c1cc(=S)n2[nH]cnc2n1. The highest BCUT2D eigenvalue weighted by atomic mass is 32.1. The number of aromatic nitrogens is 4. The van der Waals surface area contributed by atoms with Crippen LogP contribution in [0.3, 0.4) is 0 Å². The van der Waals surface area contributed by atoms with Gasteiger partial charge in [0.25, 0.3) is 5.78 Å². The molecule has 0 saturated carbocycles. The Bertz CT molecular complexity index is 526. The van der Waals surface area contributed by atoms with Crippen LogP contribution in [0.2, 0.25) is 0 Å². The molecule has 2 aromatic heterocycles. The number of rotatable bonds is 0. The van der Waals surface area contributed by atoms with Crippen LogP contribution < -0.4 is 0 Å². The van der Waals surface area contributed by atoms with E-state index in [1.165, 1.54) is 10.8 Å². The van der Waals surface area contributed by atoms with Crippen LogP contribution in [0.1, 0.15) is 5.69 Å². The van der Waals surface area contributed by atoms with E-state index in [0.29, 0.717) is 0 Å². The molecule has 0 bridgehead atoms. The summed E-state index contributed by atoms with van der Waals surface area (Å²) in [6.07, 6.45) is -3.28. The second kappa shape index (κ2) is 2.77. The molecule has 0 spiro atoms. The summed E-state index contributed by atoms with van der Waals surface area (Å²) >= 11 is 4.72. The van der Waals surface area contributed by atoms with Crippen LogP contribution in [0, 0.1) is 4.64 Å². The quantitative estimate of drug-likeness (QED) is 0.688. The second-order valence-corrected chi connectivity index (χ2v) is 2.92. The fourth-order valence-corrected chi connectivity index (χ4v) is 1.21. The highest BCUT2D eigenvalue weighted by molar-refractivity contribution is 7.71. The van der Waals surface area contributed by atoms with Crippen molar-refractivity contribution in [3.05, 3.63) is 22.7 Å². The number of fused-ring (bicyclic) bond motifs is 1. The third-order valence-corrected chi connectivity index (χ3v) is 1.86. The van der Waals surface area contributed by atoms with Gasteiger partial charge >= 0.3 is 6.18 Å². The molecule has 74 valence electrons. The lowest BCUT2D eigenvalue weighted by Crippen LogP contribution is -2.09. The van der Waals surface area contributed by atoms with Gasteiger partial charge in [-0.25, -0.2) is 14.5 Å². The Morgan fingerprint density at radius 3 is 2.79 bits per heavy atom. The zero-order valence-corrected chi connectivity index (χ0v) is 7.35. The summed E-state index contributed by atoms with van der Waals surface area (Å²) in [4.78, 5) is 6.88. The topological polar surface area (TPSA) is 46.0 Å². The van der Waals surface area contributed by atoms with Crippen molar-refractivity contribution in [3.63, 3.8) is 0 Å². The monoisotopic (exact) mass is 220 g/mol. The fourth-order valence-electron chi connectivity index (χ4n) is 0.968. The minimum Gasteiger partial charge on any atom is -0.280 e. The molecular formula is C6H3F3N4S. The van der Waals surface area contributed by atoms with Gasteiger partial charge in [-0.1, -0.05) is 12.2 Å². The lowest BCUT2D eigenvalue weighted by atomic mass is 10.4. The average Bonchev–Trinajstić information content (AvgIpc) is 2.50. The van der Waals surface area contributed by atoms with E-state index >= 15 is 0 Å². The van der Waals surface area contributed by atoms with Gasteiger partial charge in [0.1, 0.15) is 11.0 Å². The Kier molecular flexibility index (Phi) is 1.81. The van der Waals surface area contributed by atoms with Crippen molar-refractivity contribution < 1.29 is 13.2 Å². The Morgan fingerprint density at radius 1 is 1.43 bits per heavy atom. The molecule has 0 unspecified atom stereocenters. The smallest absolute Gasteiger partial charge is 0.280 e. The van der Waals surface area contributed by atoms with Crippen LogP contribution in [-0.2, 0) is 6.18 Å². The fraction of sp³-hybridized carbons (Fsp3) is 0.167. The molecule has 0 aliphatic heterocycles. The first-order valence-electron chi connectivity index (χ1n) is 3.49. The van der Waals surface area contributed by atoms with Crippen LogP contribution in [0.15, 0.2) is 12.4 Å². The Balaban J connectivity index is 2.77. The van der Waals surface area contributed by atoms with Crippen molar-refractivity contribution in [1.29, 1.82) is 0 Å². The first kappa shape index (κ1) is 9.13. The van der Waals surface area contributed by atoms with Crippen molar-refractivity contribution in [2.75, 3.05) is 0 Å². The summed E-state index contributed by atoms with van der Waals surface area (Å²) in [6.45, 7) is 0. The van der Waals surface area contributed by atoms with Crippen LogP contribution in [-0.4, -0.2) is 19.6 Å². The molecule has 0 atom stereocenters. The molecule has 0 aliphatic carbocycles. The van der Waals surface area contributed by atoms with Crippen LogP contribution in [0.5, 0.6) is 0 Å². The molecule has 8 heteroatoms. The molecule has 0 aromatic carbocycles. The van der Waals surface area contributed by atoms with Gasteiger partial charge in [0.05, 0.1) is 0 Å². The van der Waals surface area contributed by atoms with Gasteiger partial charge in [-0.2, -0.15) is 13.2 Å². The summed E-state index contributed by atoms with van der Waals surface area (Å²) in [7, 11) is 0. The van der Waals surface area contributed by atoms with Crippen LogP contribution in [0.4, 0.5) is 13.2 Å². The number of hydrogen-bond acceptors (Lipinski definition) is 3. The number of alkyl halides is 3. The zero-order chi connectivity index (χ0) is 10.3. The van der Waals surface area contributed by atoms with E-state index < -0.39 is 11.9 Å². The lowest BCUT2D eigenvalue weighted by Gasteiger charge is -2.04. The second-order valence-electron chi connectivity index (χ2n) is 2.50. The molecule has 0 radical (unpaired) electrons. The standard InChI is InChI=1S/C6H3F3N4S/c7-6(8,9)3-1-4(14)13-5(12-3)10-2-11-13/h1-2H,(H,10,11,12). The van der Waals surface area contributed by atoms with Crippen LogP contribution >= 0.6 is 12.2 Å². The maximum Gasteiger partial charge on any atom is 0.433 e. The summed E-state index contributed by atoms with van der Waals surface area (Å²) in [5.41, 5.74) is -1.03. The zero-order valence-electron chi connectivity index (χ0n) is 6.54. The van der Waals surface area contributed by atoms with Gasteiger partial charge in [-0.3, -0.25) is 5.10 Å². The van der Waals surface area contributed by atoms with Crippen molar-refractivity contribution in [2.24, 2.45) is 0 Å². The highest BCUT2D eigenvalue weighted by Gasteiger charge is 2.33. The largest absolute Gasteiger partial charge is 0.433 e. The third-order valence-electron chi connectivity index (χ3n) is 1.56. The highest BCUT2D eigenvalue weighted by Crippen LogP contribution is 2.27. The van der Waals surface area contributed by atoms with Crippen LogP contribution in [0.25, 0.3) is 5.78 Å². The summed E-state index contributed by atoms with van der Waals surface area (Å²) in [5, 5.41) is 2.54. The maximum atomic E-state index is 12.2. The van der Waals surface area contributed by atoms with Gasteiger partial charge in [-0.15, -0.1) is 0 Å². The predicted octanol–water partition coefficient (Wildman–Crippen LogP) is 1.81. The number of halogens is 3. The van der Waals surface area contributed by atoms with E-state index in [1.54, 1.807) is 0 Å². The number of aromatic amines is 1. The molecule has 0 saturated heterocycles. The Hall–Kier alpha value is -1.44. The van der Waals surface area contributed by atoms with E-state index in [-0.39, 0.29) is 10.4 Å². The van der Waals surface area contributed by atoms with Crippen molar-refractivity contribution >= 4 is 18.0 Å².